The summed E-state index contributed by atoms with van der Waals surface area (Å²) in [5.74, 6) is -0.0608. The first kappa shape index (κ1) is 17.5. The average molecular weight is 331 g/mol. The molecule has 122 valence electrons. The molecule has 0 saturated carbocycles. The Labute approximate surface area is 143 Å². The zero-order valence-electron chi connectivity index (χ0n) is 13.7. The first-order valence-corrected chi connectivity index (χ1v) is 8.34. The van der Waals surface area contributed by atoms with Crippen LogP contribution in [0, 0.1) is 0 Å². The lowest BCUT2D eigenvalue weighted by atomic mass is 10.1. The van der Waals surface area contributed by atoms with Crippen LogP contribution in [0.4, 0.5) is 0 Å². The van der Waals surface area contributed by atoms with E-state index in [0.717, 1.165) is 25.2 Å². The molecule has 2 rings (SSSR count). The van der Waals surface area contributed by atoms with Gasteiger partial charge in [0.1, 0.15) is 0 Å². The van der Waals surface area contributed by atoms with Crippen molar-refractivity contribution in [3.05, 3.63) is 70.2 Å². The second-order valence-electron chi connectivity index (χ2n) is 5.47. The number of halogens is 1. The Morgan fingerprint density at radius 3 is 2.09 bits per heavy atom. The third kappa shape index (κ3) is 5.38. The van der Waals surface area contributed by atoms with Gasteiger partial charge in [0, 0.05) is 23.7 Å². The lowest BCUT2D eigenvalue weighted by Crippen LogP contribution is -2.23. The second-order valence-corrected chi connectivity index (χ2v) is 5.90. The number of carbonyl (C=O) groups is 1. The van der Waals surface area contributed by atoms with E-state index in [1.54, 1.807) is 0 Å². The van der Waals surface area contributed by atoms with Crippen molar-refractivity contribution in [3.8, 4) is 0 Å². The van der Waals surface area contributed by atoms with E-state index in [1.807, 2.05) is 48.5 Å². The van der Waals surface area contributed by atoms with Crippen LogP contribution >= 0.6 is 11.6 Å². The third-order valence-electron chi connectivity index (χ3n) is 3.88. The van der Waals surface area contributed by atoms with E-state index in [-0.39, 0.29) is 5.91 Å². The fraction of sp³-hybridized carbons (Fsp3) is 0.316. The maximum atomic E-state index is 12.2. The molecule has 1 amide bonds. The van der Waals surface area contributed by atoms with Crippen molar-refractivity contribution in [2.45, 2.75) is 26.9 Å². The van der Waals surface area contributed by atoms with Crippen molar-refractivity contribution in [1.82, 2.24) is 10.2 Å². The summed E-state index contributed by atoms with van der Waals surface area (Å²) >= 11 is 5.85. The second kappa shape index (κ2) is 8.70. The number of hydrogen-bond acceptors (Lipinski definition) is 2. The van der Waals surface area contributed by atoms with Gasteiger partial charge in [-0.15, -0.1) is 0 Å². The van der Waals surface area contributed by atoms with Gasteiger partial charge in [-0.05, 0) is 48.5 Å². The van der Waals surface area contributed by atoms with Crippen molar-refractivity contribution in [2.24, 2.45) is 0 Å². The van der Waals surface area contributed by atoms with Crippen LogP contribution < -0.4 is 5.32 Å². The van der Waals surface area contributed by atoms with E-state index in [0.29, 0.717) is 17.1 Å². The molecule has 0 aromatic heterocycles. The van der Waals surface area contributed by atoms with Gasteiger partial charge >= 0.3 is 0 Å². The van der Waals surface area contributed by atoms with Gasteiger partial charge in [-0.2, -0.15) is 0 Å². The molecule has 0 unspecified atom stereocenters. The summed E-state index contributed by atoms with van der Waals surface area (Å²) in [4.78, 5) is 14.5. The van der Waals surface area contributed by atoms with Crippen molar-refractivity contribution in [3.63, 3.8) is 0 Å². The molecule has 0 bridgehead atoms. The summed E-state index contributed by atoms with van der Waals surface area (Å²) in [6.07, 6.45) is 0. The number of nitrogens with zero attached hydrogens (tertiary/aromatic N) is 1. The van der Waals surface area contributed by atoms with Gasteiger partial charge in [-0.1, -0.05) is 49.7 Å². The van der Waals surface area contributed by atoms with E-state index in [9.17, 15) is 4.79 Å². The molecule has 0 radical (unpaired) electrons. The number of rotatable bonds is 7. The molecule has 1 N–H and O–H groups in total. The van der Waals surface area contributed by atoms with E-state index in [4.69, 9.17) is 11.6 Å². The molecule has 4 heteroatoms. The molecule has 0 saturated heterocycles. The molecule has 0 atom stereocenters. The molecule has 0 heterocycles. The van der Waals surface area contributed by atoms with Gasteiger partial charge in [-0.3, -0.25) is 9.69 Å². The smallest absolute Gasteiger partial charge is 0.251 e. The van der Waals surface area contributed by atoms with Crippen LogP contribution in [0.1, 0.15) is 35.3 Å². The maximum Gasteiger partial charge on any atom is 0.251 e. The Hall–Kier alpha value is -1.84. The van der Waals surface area contributed by atoms with Gasteiger partial charge < -0.3 is 5.32 Å². The predicted octanol–water partition coefficient (Wildman–Crippen LogP) is 4.11. The van der Waals surface area contributed by atoms with Crippen LogP contribution in [0.15, 0.2) is 48.5 Å². The lowest BCUT2D eigenvalue weighted by Gasteiger charge is -2.18. The van der Waals surface area contributed by atoms with Crippen LogP contribution in [-0.2, 0) is 13.1 Å². The van der Waals surface area contributed by atoms with E-state index < -0.39 is 0 Å². The van der Waals surface area contributed by atoms with Gasteiger partial charge in [0.2, 0.25) is 0 Å². The fourth-order valence-corrected chi connectivity index (χ4v) is 2.48. The molecule has 3 nitrogen and oxygen atoms in total. The number of hydrogen-bond donors (Lipinski definition) is 1. The molecule has 0 aliphatic heterocycles. The largest absolute Gasteiger partial charge is 0.348 e. The molecular weight excluding hydrogens is 308 g/mol. The van der Waals surface area contributed by atoms with Gasteiger partial charge in [-0.25, -0.2) is 0 Å². The highest BCUT2D eigenvalue weighted by molar-refractivity contribution is 6.30. The molecule has 0 spiro atoms. The average Bonchev–Trinajstić information content (AvgIpc) is 2.59. The van der Waals surface area contributed by atoms with Crippen LogP contribution in [-0.4, -0.2) is 23.9 Å². The van der Waals surface area contributed by atoms with Crippen molar-refractivity contribution in [2.75, 3.05) is 13.1 Å². The SMILES string of the molecule is CCN(CC)Cc1ccc(C(=O)NCc2ccc(Cl)cc2)cc1. The standard InChI is InChI=1S/C19H23ClN2O/c1-3-22(4-2)14-16-5-9-17(10-6-16)19(23)21-13-15-7-11-18(20)12-8-15/h5-12H,3-4,13-14H2,1-2H3,(H,21,23). The lowest BCUT2D eigenvalue weighted by molar-refractivity contribution is 0.0951. The van der Waals surface area contributed by atoms with Crippen molar-refractivity contribution < 1.29 is 4.79 Å². The van der Waals surface area contributed by atoms with Crippen LogP contribution in [0.2, 0.25) is 5.02 Å². The summed E-state index contributed by atoms with van der Waals surface area (Å²) in [5.41, 5.74) is 2.94. The highest BCUT2D eigenvalue weighted by Gasteiger charge is 2.06. The summed E-state index contributed by atoms with van der Waals surface area (Å²) in [5, 5.41) is 3.62. The quantitative estimate of drug-likeness (QED) is 0.828. The highest BCUT2D eigenvalue weighted by Crippen LogP contribution is 2.10. The summed E-state index contributed by atoms with van der Waals surface area (Å²) < 4.78 is 0. The minimum absolute atomic E-state index is 0.0608. The Bertz CT molecular complexity index is 619. The maximum absolute atomic E-state index is 12.2. The van der Waals surface area contributed by atoms with Crippen LogP contribution in [0.5, 0.6) is 0 Å². The number of nitrogens with one attached hydrogen (secondary N) is 1. The first-order chi connectivity index (χ1) is 11.1. The zero-order valence-corrected chi connectivity index (χ0v) is 14.4. The summed E-state index contributed by atoms with van der Waals surface area (Å²) in [7, 11) is 0. The molecule has 0 fully saturated rings. The van der Waals surface area contributed by atoms with Gasteiger partial charge in [0.05, 0.1) is 0 Å². The Balaban J connectivity index is 1.90. The number of benzene rings is 2. The van der Waals surface area contributed by atoms with E-state index in [1.165, 1.54) is 5.56 Å². The minimum Gasteiger partial charge on any atom is -0.348 e. The van der Waals surface area contributed by atoms with Crippen molar-refractivity contribution in [1.29, 1.82) is 0 Å². The molecule has 0 aliphatic rings. The third-order valence-corrected chi connectivity index (χ3v) is 4.14. The Kier molecular flexibility index (Phi) is 6.63. The van der Waals surface area contributed by atoms with Crippen LogP contribution in [0.3, 0.4) is 0 Å². The molecule has 0 aliphatic carbocycles. The first-order valence-electron chi connectivity index (χ1n) is 7.96. The summed E-state index contributed by atoms with van der Waals surface area (Å²) in [6, 6.07) is 15.3. The normalized spacial score (nSPS) is 10.8. The minimum atomic E-state index is -0.0608. The number of amides is 1. The molecule has 23 heavy (non-hydrogen) atoms. The number of carbonyl (C=O) groups excluding carboxylic acids is 1. The highest BCUT2D eigenvalue weighted by atomic mass is 35.5. The van der Waals surface area contributed by atoms with Gasteiger partial charge in [0.25, 0.3) is 5.91 Å². The fourth-order valence-electron chi connectivity index (χ4n) is 2.35. The Morgan fingerprint density at radius 1 is 0.957 bits per heavy atom. The van der Waals surface area contributed by atoms with E-state index in [2.05, 4.69) is 24.1 Å². The Morgan fingerprint density at radius 2 is 1.52 bits per heavy atom. The zero-order chi connectivity index (χ0) is 16.7. The monoisotopic (exact) mass is 330 g/mol. The van der Waals surface area contributed by atoms with E-state index >= 15 is 0 Å². The molecule has 2 aromatic carbocycles. The van der Waals surface area contributed by atoms with Gasteiger partial charge in [0.15, 0.2) is 0 Å². The molecular formula is C19H23ClN2O. The summed E-state index contributed by atoms with van der Waals surface area (Å²) in [6.45, 7) is 7.78. The predicted molar refractivity (Wildman–Crippen MR) is 95.7 cm³/mol. The van der Waals surface area contributed by atoms with Crippen molar-refractivity contribution >= 4 is 17.5 Å². The topological polar surface area (TPSA) is 32.3 Å². The molecule has 2 aromatic rings. The van der Waals surface area contributed by atoms with Crippen LogP contribution in [0.25, 0.3) is 0 Å².